The molecular formula is C13H17N5O2. The molecule has 0 aromatic carbocycles. The number of piperidine rings is 1. The first kappa shape index (κ1) is 14.2. The normalized spacial score (nSPS) is 17.6. The second-order valence-corrected chi connectivity index (χ2v) is 5.23. The highest BCUT2D eigenvalue weighted by molar-refractivity contribution is 5.57. The molecule has 0 saturated carbocycles. The lowest BCUT2D eigenvalue weighted by atomic mass is 9.90. The zero-order valence-electron chi connectivity index (χ0n) is 11.6. The largest absolute Gasteiger partial charge is 0.355 e. The molecule has 20 heavy (non-hydrogen) atoms. The number of aromatic nitrogens is 1. The van der Waals surface area contributed by atoms with E-state index in [1.165, 1.54) is 12.3 Å². The number of rotatable bonds is 3. The van der Waals surface area contributed by atoms with Crippen LogP contribution in [0.2, 0.25) is 0 Å². The fourth-order valence-electron chi connectivity index (χ4n) is 2.34. The Morgan fingerprint density at radius 2 is 2.20 bits per heavy atom. The SMILES string of the molecule is CNC1(C)CCN(c2ncc([N+](=O)[O-])cc2C#N)CC1. The Kier molecular flexibility index (Phi) is 3.86. The second kappa shape index (κ2) is 5.43. The van der Waals surface area contributed by atoms with Crippen LogP contribution >= 0.6 is 0 Å². The molecule has 7 heteroatoms. The Morgan fingerprint density at radius 1 is 1.55 bits per heavy atom. The zero-order valence-corrected chi connectivity index (χ0v) is 11.6. The Hall–Kier alpha value is -2.20. The zero-order chi connectivity index (χ0) is 14.8. The number of hydrogen-bond donors (Lipinski definition) is 1. The summed E-state index contributed by atoms with van der Waals surface area (Å²) in [6.45, 7) is 3.71. The van der Waals surface area contributed by atoms with E-state index in [9.17, 15) is 10.1 Å². The van der Waals surface area contributed by atoms with Gasteiger partial charge >= 0.3 is 0 Å². The Balaban J connectivity index is 2.22. The molecule has 2 heterocycles. The molecule has 0 unspecified atom stereocenters. The van der Waals surface area contributed by atoms with Gasteiger partial charge < -0.3 is 10.2 Å². The van der Waals surface area contributed by atoms with E-state index >= 15 is 0 Å². The summed E-state index contributed by atoms with van der Waals surface area (Å²) in [4.78, 5) is 16.3. The third-order valence-electron chi connectivity index (χ3n) is 3.95. The molecule has 0 aliphatic carbocycles. The molecular weight excluding hydrogens is 258 g/mol. The number of nitro groups is 1. The minimum Gasteiger partial charge on any atom is -0.355 e. The van der Waals surface area contributed by atoms with Gasteiger partial charge in [0, 0.05) is 24.7 Å². The molecule has 106 valence electrons. The van der Waals surface area contributed by atoms with Crippen molar-refractivity contribution in [3.05, 3.63) is 27.9 Å². The molecule has 1 fully saturated rings. The van der Waals surface area contributed by atoms with E-state index in [0.29, 0.717) is 5.82 Å². The topological polar surface area (TPSA) is 95.1 Å². The van der Waals surface area contributed by atoms with Crippen molar-refractivity contribution < 1.29 is 4.92 Å². The maximum absolute atomic E-state index is 10.7. The Labute approximate surface area is 117 Å². The van der Waals surface area contributed by atoms with Crippen LogP contribution in [-0.2, 0) is 0 Å². The lowest BCUT2D eigenvalue weighted by Gasteiger charge is -2.40. The molecule has 1 aliphatic heterocycles. The summed E-state index contributed by atoms with van der Waals surface area (Å²) < 4.78 is 0. The van der Waals surface area contributed by atoms with Crippen LogP contribution in [0.15, 0.2) is 12.3 Å². The number of nitrogens with zero attached hydrogens (tertiary/aromatic N) is 4. The summed E-state index contributed by atoms with van der Waals surface area (Å²) in [6, 6.07) is 3.28. The standard InChI is InChI=1S/C13H17N5O2/c1-13(15-2)3-5-17(6-4-13)12-10(8-14)7-11(9-16-12)18(19)20/h7,9,15H,3-6H2,1-2H3. The first-order valence-electron chi connectivity index (χ1n) is 6.47. The first-order valence-corrected chi connectivity index (χ1v) is 6.47. The fraction of sp³-hybridized carbons (Fsp3) is 0.538. The monoisotopic (exact) mass is 275 g/mol. The van der Waals surface area contributed by atoms with E-state index in [2.05, 4.69) is 17.2 Å². The highest BCUT2D eigenvalue weighted by Crippen LogP contribution is 2.28. The lowest BCUT2D eigenvalue weighted by molar-refractivity contribution is -0.385. The van der Waals surface area contributed by atoms with E-state index in [-0.39, 0.29) is 16.8 Å². The Bertz CT molecular complexity index is 558. The van der Waals surface area contributed by atoms with Crippen molar-refractivity contribution in [1.29, 1.82) is 5.26 Å². The van der Waals surface area contributed by atoms with Gasteiger partial charge in [-0.25, -0.2) is 4.98 Å². The number of anilines is 1. The van der Waals surface area contributed by atoms with Crippen molar-refractivity contribution in [3.8, 4) is 6.07 Å². The van der Waals surface area contributed by atoms with Gasteiger partial charge in [0.25, 0.3) is 5.69 Å². The number of pyridine rings is 1. The second-order valence-electron chi connectivity index (χ2n) is 5.23. The third kappa shape index (κ3) is 2.70. The molecule has 0 spiro atoms. The molecule has 7 nitrogen and oxygen atoms in total. The van der Waals surface area contributed by atoms with Gasteiger partial charge in [-0.05, 0) is 26.8 Å². The summed E-state index contributed by atoms with van der Waals surface area (Å²) in [5, 5.41) is 23.2. The predicted molar refractivity (Wildman–Crippen MR) is 74.5 cm³/mol. The third-order valence-corrected chi connectivity index (χ3v) is 3.95. The summed E-state index contributed by atoms with van der Waals surface area (Å²) in [5.74, 6) is 0.538. The number of hydrogen-bond acceptors (Lipinski definition) is 6. The molecule has 1 aromatic rings. The van der Waals surface area contributed by atoms with Gasteiger partial charge in [0.15, 0.2) is 0 Å². The minimum atomic E-state index is -0.536. The van der Waals surface area contributed by atoms with E-state index in [0.717, 1.165) is 25.9 Å². The average molecular weight is 275 g/mol. The highest BCUT2D eigenvalue weighted by atomic mass is 16.6. The van der Waals surface area contributed by atoms with E-state index in [1.54, 1.807) is 0 Å². The quantitative estimate of drug-likeness (QED) is 0.662. The smallest absolute Gasteiger partial charge is 0.289 e. The van der Waals surface area contributed by atoms with E-state index in [1.807, 2.05) is 18.0 Å². The van der Waals surface area contributed by atoms with Gasteiger partial charge in [-0.1, -0.05) is 0 Å². The van der Waals surface area contributed by atoms with Crippen LogP contribution < -0.4 is 10.2 Å². The molecule has 1 saturated heterocycles. The average Bonchev–Trinajstić information content (AvgIpc) is 2.47. The fourth-order valence-corrected chi connectivity index (χ4v) is 2.34. The van der Waals surface area contributed by atoms with Crippen molar-refractivity contribution in [2.75, 3.05) is 25.0 Å². The van der Waals surface area contributed by atoms with Crippen molar-refractivity contribution in [3.63, 3.8) is 0 Å². The maximum atomic E-state index is 10.7. The van der Waals surface area contributed by atoms with Gasteiger partial charge in [0.1, 0.15) is 23.6 Å². The summed E-state index contributed by atoms with van der Waals surface area (Å²) >= 11 is 0. The van der Waals surface area contributed by atoms with Gasteiger partial charge in [-0.15, -0.1) is 0 Å². The van der Waals surface area contributed by atoms with Crippen LogP contribution in [0.25, 0.3) is 0 Å². The van der Waals surface area contributed by atoms with Gasteiger partial charge in [0.2, 0.25) is 0 Å². The highest BCUT2D eigenvalue weighted by Gasteiger charge is 2.30. The van der Waals surface area contributed by atoms with Crippen LogP contribution in [0, 0.1) is 21.4 Å². The van der Waals surface area contributed by atoms with Crippen molar-refractivity contribution >= 4 is 11.5 Å². The maximum Gasteiger partial charge on any atom is 0.289 e. The molecule has 1 aliphatic rings. The van der Waals surface area contributed by atoms with Crippen LogP contribution in [0.5, 0.6) is 0 Å². The van der Waals surface area contributed by atoms with Crippen molar-refractivity contribution in [2.45, 2.75) is 25.3 Å². The van der Waals surface area contributed by atoms with Gasteiger partial charge in [0.05, 0.1) is 4.92 Å². The molecule has 1 N–H and O–H groups in total. The minimum absolute atomic E-state index is 0.101. The van der Waals surface area contributed by atoms with Crippen molar-refractivity contribution in [2.24, 2.45) is 0 Å². The molecule has 0 atom stereocenters. The Morgan fingerprint density at radius 3 is 2.70 bits per heavy atom. The van der Waals surface area contributed by atoms with Crippen LogP contribution in [-0.4, -0.2) is 35.6 Å². The first-order chi connectivity index (χ1) is 9.49. The molecule has 2 rings (SSSR count). The van der Waals surface area contributed by atoms with Crippen molar-refractivity contribution in [1.82, 2.24) is 10.3 Å². The van der Waals surface area contributed by atoms with Gasteiger partial charge in [-0.2, -0.15) is 5.26 Å². The summed E-state index contributed by atoms with van der Waals surface area (Å²) in [7, 11) is 1.94. The molecule has 0 radical (unpaired) electrons. The predicted octanol–water partition coefficient (Wildman–Crippen LogP) is 1.44. The van der Waals surface area contributed by atoms with Crippen LogP contribution in [0.3, 0.4) is 0 Å². The molecule has 0 amide bonds. The number of nitriles is 1. The molecule has 0 bridgehead atoms. The van der Waals surface area contributed by atoms with Gasteiger partial charge in [-0.3, -0.25) is 10.1 Å². The number of nitrogens with one attached hydrogen (secondary N) is 1. The lowest BCUT2D eigenvalue weighted by Crippen LogP contribution is -2.50. The van der Waals surface area contributed by atoms with E-state index < -0.39 is 4.92 Å². The van der Waals surface area contributed by atoms with Crippen LogP contribution in [0.4, 0.5) is 11.5 Å². The summed E-state index contributed by atoms with van der Waals surface area (Å²) in [5.41, 5.74) is 0.207. The summed E-state index contributed by atoms with van der Waals surface area (Å²) in [6.07, 6.45) is 3.09. The van der Waals surface area contributed by atoms with E-state index in [4.69, 9.17) is 5.26 Å². The molecule has 1 aromatic heterocycles. The van der Waals surface area contributed by atoms with Crippen LogP contribution in [0.1, 0.15) is 25.3 Å².